The molecule has 0 aliphatic carbocycles. The minimum absolute atomic E-state index is 0.133. The molecule has 3 fully saturated rings. The van der Waals surface area contributed by atoms with Gasteiger partial charge in [0.25, 0.3) is 0 Å². The lowest BCUT2D eigenvalue weighted by Gasteiger charge is -2.49. The van der Waals surface area contributed by atoms with Crippen LogP contribution in [0.3, 0.4) is 0 Å². The second kappa shape index (κ2) is 19.2. The van der Waals surface area contributed by atoms with Crippen molar-refractivity contribution in [1.82, 2.24) is 9.80 Å². The zero-order chi connectivity index (χ0) is 41.1. The SMILES string of the molecule is CCCN1C[C@H](C)[C@@H](O)[C@](C)(O)[C@@H](CC)OC(=O)[C@H](C)[C@@H](O[C@H]2C[C@](C)(OC)[C@H](O)[C@@H](C)O2)[C@H](C)[C@@H](O[C@@H]2O[C@H](C)C[C@H](N(C)C)[C@H]2O)[C@](C)(O)C[C@H]1C. The van der Waals surface area contributed by atoms with E-state index in [4.69, 9.17) is 28.4 Å². The Morgan fingerprint density at radius 2 is 1.56 bits per heavy atom. The number of hydrogen-bond donors (Lipinski definition) is 5. The van der Waals surface area contributed by atoms with Gasteiger partial charge in [-0.1, -0.05) is 27.7 Å². The van der Waals surface area contributed by atoms with Gasteiger partial charge in [0, 0.05) is 38.1 Å². The number of methoxy groups -OCH3 is 1. The molecule has 0 radical (unpaired) electrons. The topological polar surface area (TPSA) is 180 Å². The monoisotopic (exact) mass is 777 g/mol. The third-order valence-electron chi connectivity index (χ3n) is 12.6. The Labute approximate surface area is 324 Å². The highest BCUT2D eigenvalue weighted by molar-refractivity contribution is 5.73. The van der Waals surface area contributed by atoms with Gasteiger partial charge in [-0.3, -0.25) is 4.79 Å². The first kappa shape index (κ1) is 47.4. The van der Waals surface area contributed by atoms with E-state index in [2.05, 4.69) is 11.8 Å². The van der Waals surface area contributed by atoms with E-state index in [-0.39, 0.29) is 37.5 Å². The van der Waals surface area contributed by atoms with Crippen LogP contribution >= 0.6 is 0 Å². The van der Waals surface area contributed by atoms with Crippen LogP contribution in [0.1, 0.15) is 108 Å². The number of likely N-dealkylation sites (N-methyl/N-ethyl adjacent to an activating group) is 1. The fraction of sp³-hybridized carbons (Fsp3) is 0.975. The summed E-state index contributed by atoms with van der Waals surface area (Å²) in [5, 5.41) is 58.7. The molecule has 18 atom stereocenters. The molecule has 54 heavy (non-hydrogen) atoms. The number of esters is 1. The Morgan fingerprint density at radius 3 is 2.11 bits per heavy atom. The van der Waals surface area contributed by atoms with Crippen LogP contribution in [0.2, 0.25) is 0 Å². The van der Waals surface area contributed by atoms with Gasteiger partial charge in [0.1, 0.15) is 23.9 Å². The van der Waals surface area contributed by atoms with Gasteiger partial charge >= 0.3 is 5.97 Å². The average molecular weight is 777 g/mol. The highest BCUT2D eigenvalue weighted by Crippen LogP contribution is 2.40. The Hall–Kier alpha value is -1.01. The van der Waals surface area contributed by atoms with Crippen LogP contribution in [-0.2, 0) is 33.2 Å². The maximum atomic E-state index is 14.3. The molecule has 318 valence electrons. The molecule has 0 aromatic heterocycles. The van der Waals surface area contributed by atoms with Gasteiger partial charge in [-0.2, -0.15) is 0 Å². The molecule has 0 amide bonds. The average Bonchev–Trinajstić information content (AvgIpc) is 3.09. The maximum Gasteiger partial charge on any atom is 0.311 e. The van der Waals surface area contributed by atoms with Gasteiger partial charge < -0.3 is 63.8 Å². The van der Waals surface area contributed by atoms with E-state index < -0.39 is 95.8 Å². The predicted molar refractivity (Wildman–Crippen MR) is 203 cm³/mol. The number of aliphatic hydroxyl groups is 5. The van der Waals surface area contributed by atoms with Crippen molar-refractivity contribution in [2.45, 2.75) is 199 Å². The minimum atomic E-state index is -1.78. The fourth-order valence-electron chi connectivity index (χ4n) is 9.13. The van der Waals surface area contributed by atoms with E-state index in [1.807, 2.05) is 46.7 Å². The second-order valence-corrected chi connectivity index (χ2v) is 17.7. The molecule has 3 aliphatic heterocycles. The molecule has 14 heteroatoms. The van der Waals surface area contributed by atoms with Crippen molar-refractivity contribution in [3.63, 3.8) is 0 Å². The number of rotatable bonds is 9. The molecule has 0 spiro atoms. The van der Waals surface area contributed by atoms with Crippen LogP contribution in [0.5, 0.6) is 0 Å². The second-order valence-electron chi connectivity index (χ2n) is 17.7. The van der Waals surface area contributed by atoms with E-state index in [1.54, 1.807) is 34.6 Å². The number of carbonyl (C=O) groups is 1. The van der Waals surface area contributed by atoms with E-state index in [9.17, 15) is 30.3 Å². The fourth-order valence-corrected chi connectivity index (χ4v) is 9.13. The van der Waals surface area contributed by atoms with Crippen LogP contribution in [-0.4, -0.2) is 166 Å². The number of carbonyl (C=O) groups excluding carboxylic acids is 1. The highest BCUT2D eigenvalue weighted by atomic mass is 16.7. The van der Waals surface area contributed by atoms with Gasteiger partial charge in [-0.05, 0) is 101 Å². The molecule has 0 bridgehead atoms. The van der Waals surface area contributed by atoms with Gasteiger partial charge in [0.05, 0.1) is 47.6 Å². The molecule has 0 aromatic carbocycles. The predicted octanol–water partition coefficient (Wildman–Crippen LogP) is 2.68. The van der Waals surface area contributed by atoms with E-state index >= 15 is 0 Å². The summed E-state index contributed by atoms with van der Waals surface area (Å²) in [6.45, 7) is 20.9. The smallest absolute Gasteiger partial charge is 0.311 e. The summed E-state index contributed by atoms with van der Waals surface area (Å²) in [6.07, 6.45) is -7.37. The summed E-state index contributed by atoms with van der Waals surface area (Å²) in [4.78, 5) is 18.4. The van der Waals surface area contributed by atoms with E-state index in [0.29, 0.717) is 19.5 Å². The summed E-state index contributed by atoms with van der Waals surface area (Å²) < 4.78 is 37.8. The Bertz CT molecular complexity index is 1180. The van der Waals surface area contributed by atoms with Gasteiger partial charge in [0.2, 0.25) is 0 Å². The van der Waals surface area contributed by atoms with Crippen molar-refractivity contribution in [2.75, 3.05) is 34.3 Å². The lowest BCUT2D eigenvalue weighted by molar-refractivity contribution is -0.318. The first-order valence-electron chi connectivity index (χ1n) is 20.2. The molecule has 0 aromatic rings. The van der Waals surface area contributed by atoms with Crippen LogP contribution in [0, 0.1) is 17.8 Å². The molecule has 0 saturated carbocycles. The van der Waals surface area contributed by atoms with Crippen molar-refractivity contribution in [3.05, 3.63) is 0 Å². The quantitative estimate of drug-likeness (QED) is 0.216. The van der Waals surface area contributed by atoms with Crippen LogP contribution in [0.15, 0.2) is 0 Å². The number of cyclic esters (lactones) is 1. The molecule has 3 saturated heterocycles. The van der Waals surface area contributed by atoms with Crippen molar-refractivity contribution in [3.8, 4) is 0 Å². The molecule has 3 heterocycles. The van der Waals surface area contributed by atoms with Crippen molar-refractivity contribution in [1.29, 1.82) is 0 Å². The standard InChI is InChI=1S/C40H76N2O12/c1-15-17-42-21-22(3)33(44)40(11,48)29(16-2)52-36(46)26(7)32(53-30-20-39(10,49-14)34(45)27(8)51-30)25(6)35(38(9,47)19-23(42)4)54-37-31(43)28(41(12)13)18-24(5)50-37/h22-35,37,43-45,47-48H,15-21H2,1-14H3/t22-,23+,24+,25-,26+,27+,28-,29+,30-,31+,32-,33+,34+,35+,37-,38+,39-,40+/m0/s1. The van der Waals surface area contributed by atoms with Crippen LogP contribution in [0.25, 0.3) is 0 Å². The van der Waals surface area contributed by atoms with E-state index in [1.165, 1.54) is 14.0 Å². The zero-order valence-electron chi connectivity index (χ0n) is 35.6. The third kappa shape index (κ3) is 10.7. The molecular formula is C40H76N2O12. The summed E-state index contributed by atoms with van der Waals surface area (Å²) in [6, 6.07) is -0.500. The Morgan fingerprint density at radius 1 is 0.926 bits per heavy atom. The molecule has 14 nitrogen and oxygen atoms in total. The lowest BCUT2D eigenvalue weighted by atomic mass is 9.78. The van der Waals surface area contributed by atoms with E-state index in [0.717, 1.165) is 6.42 Å². The summed E-state index contributed by atoms with van der Waals surface area (Å²) in [5.74, 6) is -2.87. The first-order valence-corrected chi connectivity index (χ1v) is 20.2. The van der Waals surface area contributed by atoms with Gasteiger partial charge in [-0.15, -0.1) is 0 Å². The maximum absolute atomic E-state index is 14.3. The third-order valence-corrected chi connectivity index (χ3v) is 12.6. The number of hydrogen-bond acceptors (Lipinski definition) is 14. The van der Waals surface area contributed by atoms with Crippen LogP contribution < -0.4 is 0 Å². The van der Waals surface area contributed by atoms with Crippen molar-refractivity contribution < 1.29 is 58.7 Å². The molecular weight excluding hydrogens is 700 g/mol. The van der Waals surface area contributed by atoms with Crippen molar-refractivity contribution in [2.24, 2.45) is 17.8 Å². The van der Waals surface area contributed by atoms with Gasteiger partial charge in [0.15, 0.2) is 12.6 Å². The lowest BCUT2D eigenvalue weighted by Crippen LogP contribution is -2.61. The summed E-state index contributed by atoms with van der Waals surface area (Å²) in [7, 11) is 5.29. The normalized spacial score (nSPS) is 48.2. The van der Waals surface area contributed by atoms with Crippen LogP contribution in [0.4, 0.5) is 0 Å². The molecule has 3 rings (SSSR count). The number of ether oxygens (including phenoxy) is 6. The summed E-state index contributed by atoms with van der Waals surface area (Å²) in [5.41, 5.74) is -4.38. The summed E-state index contributed by atoms with van der Waals surface area (Å²) >= 11 is 0. The molecule has 5 N–H and O–H groups in total. The molecule has 0 unspecified atom stereocenters. The minimum Gasteiger partial charge on any atom is -0.459 e. The Kier molecular flexibility index (Phi) is 16.8. The van der Waals surface area contributed by atoms with Gasteiger partial charge in [-0.25, -0.2) is 0 Å². The first-order chi connectivity index (χ1) is 24.9. The van der Waals surface area contributed by atoms with Crippen molar-refractivity contribution >= 4 is 5.97 Å². The molecule has 3 aliphatic rings. The Balaban J connectivity index is 2.22. The zero-order valence-corrected chi connectivity index (χ0v) is 35.6. The number of nitrogens with zero attached hydrogens (tertiary/aromatic N) is 2. The highest BCUT2D eigenvalue weighted by Gasteiger charge is 2.52. The number of aliphatic hydroxyl groups excluding tert-OH is 3. The largest absolute Gasteiger partial charge is 0.459 e.